The average molecular weight is 234 g/mol. The highest BCUT2D eigenvalue weighted by atomic mass is 16.5. The number of carbonyl (C=O) groups is 2. The Kier molecular flexibility index (Phi) is 3.04. The molecule has 2 fully saturated rings. The molecule has 0 amide bonds. The van der Waals surface area contributed by atoms with Crippen LogP contribution in [0.5, 0.6) is 0 Å². The fourth-order valence-corrected chi connectivity index (χ4v) is 2.91. The molecule has 92 valence electrons. The summed E-state index contributed by atoms with van der Waals surface area (Å²) in [7, 11) is 0. The van der Waals surface area contributed by atoms with Gasteiger partial charge in [0.05, 0.1) is 24.0 Å². The van der Waals surface area contributed by atoms with E-state index in [9.17, 15) is 9.59 Å². The van der Waals surface area contributed by atoms with Crippen molar-refractivity contribution in [2.45, 2.75) is 38.9 Å². The first-order chi connectivity index (χ1) is 7.93. The van der Waals surface area contributed by atoms with E-state index in [0.29, 0.717) is 11.1 Å². The first kappa shape index (κ1) is 12.2. The fraction of sp³-hybridized carbons (Fsp3) is 0.571. The van der Waals surface area contributed by atoms with E-state index in [1.807, 2.05) is 0 Å². The minimum atomic E-state index is -0.338. The highest BCUT2D eigenvalue weighted by Gasteiger charge is 2.54. The van der Waals surface area contributed by atoms with E-state index >= 15 is 0 Å². The third kappa shape index (κ3) is 1.89. The third-order valence-electron chi connectivity index (χ3n) is 3.72. The molecule has 4 unspecified atom stereocenters. The summed E-state index contributed by atoms with van der Waals surface area (Å²) in [4.78, 5) is 24.2. The lowest BCUT2D eigenvalue weighted by Crippen LogP contribution is -2.38. The molecule has 2 heterocycles. The molecule has 4 atom stereocenters. The van der Waals surface area contributed by atoms with Gasteiger partial charge in [0.2, 0.25) is 0 Å². The number of ketones is 2. The molecule has 0 saturated carbocycles. The zero-order valence-corrected chi connectivity index (χ0v) is 10.4. The highest BCUT2D eigenvalue weighted by molar-refractivity contribution is 6.04. The number of Topliss-reactive ketones (excluding diaryl/α,β-unsaturated/α-hetero) is 2. The Labute approximate surface area is 102 Å². The summed E-state index contributed by atoms with van der Waals surface area (Å²) >= 11 is 0. The second kappa shape index (κ2) is 4.22. The first-order valence-corrected chi connectivity index (χ1v) is 5.98. The van der Waals surface area contributed by atoms with Crippen molar-refractivity contribution in [1.29, 1.82) is 0 Å². The maximum atomic E-state index is 12.1. The Hall–Kier alpha value is -1.22. The molecule has 3 nitrogen and oxygen atoms in total. The van der Waals surface area contributed by atoms with Crippen molar-refractivity contribution < 1.29 is 14.3 Å². The average Bonchev–Trinajstić information content (AvgIpc) is 2.85. The molecule has 2 aliphatic rings. The van der Waals surface area contributed by atoms with Gasteiger partial charge in [-0.05, 0) is 37.8 Å². The van der Waals surface area contributed by atoms with Crippen molar-refractivity contribution in [3.05, 3.63) is 24.3 Å². The molecule has 2 saturated heterocycles. The quantitative estimate of drug-likeness (QED) is 0.699. The van der Waals surface area contributed by atoms with Gasteiger partial charge >= 0.3 is 0 Å². The SMILES string of the molecule is C=C(C)C(=O)C1C2CCC(O2)C1C(=O)C(=C)C. The van der Waals surface area contributed by atoms with Crippen molar-refractivity contribution in [1.82, 2.24) is 0 Å². The Balaban J connectivity index is 2.29. The van der Waals surface area contributed by atoms with E-state index in [2.05, 4.69) is 13.2 Å². The fourth-order valence-electron chi connectivity index (χ4n) is 2.91. The lowest BCUT2D eigenvalue weighted by molar-refractivity contribution is -0.128. The van der Waals surface area contributed by atoms with Gasteiger partial charge in [-0.2, -0.15) is 0 Å². The van der Waals surface area contributed by atoms with Crippen LogP contribution < -0.4 is 0 Å². The van der Waals surface area contributed by atoms with E-state index in [0.717, 1.165) is 12.8 Å². The zero-order valence-electron chi connectivity index (χ0n) is 10.4. The van der Waals surface area contributed by atoms with Crippen molar-refractivity contribution in [2.24, 2.45) is 11.8 Å². The van der Waals surface area contributed by atoms with Crippen LogP contribution in [0.15, 0.2) is 24.3 Å². The van der Waals surface area contributed by atoms with Crippen LogP contribution >= 0.6 is 0 Å². The Morgan fingerprint density at radius 1 is 0.941 bits per heavy atom. The predicted octanol–water partition coefficient (Wildman–Crippen LogP) is 2.07. The van der Waals surface area contributed by atoms with Gasteiger partial charge < -0.3 is 4.74 Å². The smallest absolute Gasteiger partial charge is 0.164 e. The molecule has 0 spiro atoms. The number of fused-ring (bicyclic) bond motifs is 2. The van der Waals surface area contributed by atoms with Crippen LogP contribution in [-0.4, -0.2) is 23.8 Å². The van der Waals surface area contributed by atoms with Gasteiger partial charge in [-0.1, -0.05) is 13.2 Å². The first-order valence-electron chi connectivity index (χ1n) is 5.98. The number of rotatable bonds is 4. The number of ether oxygens (including phenoxy) is 1. The minimum Gasteiger partial charge on any atom is -0.373 e. The van der Waals surface area contributed by atoms with Crippen molar-refractivity contribution >= 4 is 11.6 Å². The van der Waals surface area contributed by atoms with Gasteiger partial charge in [0.15, 0.2) is 11.6 Å². The predicted molar refractivity (Wildman–Crippen MR) is 64.5 cm³/mol. The van der Waals surface area contributed by atoms with Crippen LogP contribution in [0, 0.1) is 11.8 Å². The molecule has 0 aromatic heterocycles. The molecule has 2 rings (SSSR count). The Morgan fingerprint density at radius 3 is 1.59 bits per heavy atom. The van der Waals surface area contributed by atoms with Gasteiger partial charge in [0, 0.05) is 0 Å². The maximum absolute atomic E-state index is 12.1. The van der Waals surface area contributed by atoms with Gasteiger partial charge in [-0.25, -0.2) is 0 Å². The van der Waals surface area contributed by atoms with E-state index in [1.54, 1.807) is 13.8 Å². The Bertz CT molecular complexity index is 370. The second-order valence-corrected chi connectivity index (χ2v) is 5.13. The monoisotopic (exact) mass is 234 g/mol. The molecule has 2 bridgehead atoms. The number of carbonyl (C=O) groups excluding carboxylic acids is 2. The highest BCUT2D eigenvalue weighted by Crippen LogP contribution is 2.45. The third-order valence-corrected chi connectivity index (χ3v) is 3.72. The summed E-state index contributed by atoms with van der Waals surface area (Å²) in [5.41, 5.74) is 1.01. The van der Waals surface area contributed by atoms with Crippen molar-refractivity contribution in [3.63, 3.8) is 0 Å². The van der Waals surface area contributed by atoms with Crippen LogP contribution in [-0.2, 0) is 14.3 Å². The van der Waals surface area contributed by atoms with Gasteiger partial charge in [-0.15, -0.1) is 0 Å². The van der Waals surface area contributed by atoms with Gasteiger partial charge in [0.25, 0.3) is 0 Å². The largest absolute Gasteiger partial charge is 0.373 e. The summed E-state index contributed by atoms with van der Waals surface area (Å²) in [6, 6.07) is 0. The molecule has 0 aliphatic carbocycles. The van der Waals surface area contributed by atoms with E-state index in [1.165, 1.54) is 0 Å². The topological polar surface area (TPSA) is 43.4 Å². The standard InChI is InChI=1S/C14H18O3/c1-7(2)13(15)11-9-5-6-10(17-9)12(11)14(16)8(3)4/h9-12H,1,3,5-6H2,2,4H3. The van der Waals surface area contributed by atoms with Crippen LogP contribution in [0.25, 0.3) is 0 Å². The van der Waals surface area contributed by atoms with Crippen molar-refractivity contribution in [3.8, 4) is 0 Å². The lowest BCUT2D eigenvalue weighted by Gasteiger charge is -2.25. The van der Waals surface area contributed by atoms with Gasteiger partial charge in [-0.3, -0.25) is 9.59 Å². The number of allylic oxidation sites excluding steroid dienone is 2. The Morgan fingerprint density at radius 2 is 1.29 bits per heavy atom. The summed E-state index contributed by atoms with van der Waals surface area (Å²) in [5, 5.41) is 0. The van der Waals surface area contributed by atoms with Crippen molar-refractivity contribution in [2.75, 3.05) is 0 Å². The summed E-state index contributed by atoms with van der Waals surface area (Å²) in [5.74, 6) is -0.737. The molecule has 2 aliphatic heterocycles. The maximum Gasteiger partial charge on any atom is 0.164 e. The van der Waals surface area contributed by atoms with E-state index < -0.39 is 0 Å². The molecule has 0 aromatic carbocycles. The van der Waals surface area contributed by atoms with E-state index in [-0.39, 0.29) is 35.6 Å². The number of hydrogen-bond donors (Lipinski definition) is 0. The summed E-state index contributed by atoms with van der Waals surface area (Å²) < 4.78 is 5.72. The molecular weight excluding hydrogens is 216 g/mol. The second-order valence-electron chi connectivity index (χ2n) is 5.13. The molecular formula is C14H18O3. The van der Waals surface area contributed by atoms with Crippen LogP contribution in [0.4, 0.5) is 0 Å². The zero-order chi connectivity index (χ0) is 12.7. The van der Waals surface area contributed by atoms with Gasteiger partial charge in [0.1, 0.15) is 0 Å². The molecule has 0 aromatic rings. The molecule has 3 heteroatoms. The molecule has 0 N–H and O–H groups in total. The summed E-state index contributed by atoms with van der Waals surface area (Å²) in [6.45, 7) is 10.7. The normalized spacial score (nSPS) is 34.7. The van der Waals surface area contributed by atoms with E-state index in [4.69, 9.17) is 4.74 Å². The minimum absolute atomic E-state index is 0.0307. The van der Waals surface area contributed by atoms with Crippen LogP contribution in [0.3, 0.4) is 0 Å². The number of hydrogen-bond acceptors (Lipinski definition) is 3. The molecule has 0 radical (unpaired) electrons. The van der Waals surface area contributed by atoms with Crippen LogP contribution in [0.1, 0.15) is 26.7 Å². The lowest BCUT2D eigenvalue weighted by atomic mass is 9.72. The summed E-state index contributed by atoms with van der Waals surface area (Å²) in [6.07, 6.45) is 1.54. The molecule has 17 heavy (non-hydrogen) atoms. The van der Waals surface area contributed by atoms with Crippen LogP contribution in [0.2, 0.25) is 0 Å².